The van der Waals surface area contributed by atoms with Gasteiger partial charge in [-0.25, -0.2) is 0 Å². The van der Waals surface area contributed by atoms with Crippen LogP contribution in [0.2, 0.25) is 0 Å². The number of nitrogens with zero attached hydrogens (tertiary/aromatic N) is 3. The number of aliphatic hydroxyl groups is 1. The fourth-order valence-corrected chi connectivity index (χ4v) is 2.07. The normalized spacial score (nSPS) is 26.2. The molecule has 1 fully saturated rings. The first-order chi connectivity index (χ1) is 7.89. The van der Waals surface area contributed by atoms with Gasteiger partial charge in [0.05, 0.1) is 11.8 Å². The maximum Gasteiger partial charge on any atom is 0.244 e. The summed E-state index contributed by atoms with van der Waals surface area (Å²) in [6, 6.07) is -0.697. The molecule has 2 atom stereocenters. The molecule has 1 aromatic heterocycles. The van der Waals surface area contributed by atoms with Gasteiger partial charge in [-0.15, -0.1) is 0 Å². The van der Waals surface area contributed by atoms with Gasteiger partial charge in [-0.2, -0.15) is 5.10 Å². The molecular weight excluding hydrogens is 220 g/mol. The minimum absolute atomic E-state index is 0.157. The van der Waals surface area contributed by atoms with Crippen molar-refractivity contribution in [2.75, 3.05) is 13.1 Å². The number of rotatable bonds is 2. The fraction of sp³-hybridized carbons (Fsp3) is 0.636. The monoisotopic (exact) mass is 238 g/mol. The average molecular weight is 238 g/mol. The molecule has 0 radical (unpaired) electrons. The lowest BCUT2D eigenvalue weighted by Crippen LogP contribution is -2.39. The molecule has 1 amide bonds. The van der Waals surface area contributed by atoms with Crippen molar-refractivity contribution in [1.82, 2.24) is 14.7 Å². The molecule has 1 saturated heterocycles. The predicted molar refractivity (Wildman–Crippen MR) is 62.0 cm³/mol. The molecule has 1 aliphatic heterocycles. The second-order valence-electron chi connectivity index (χ2n) is 4.93. The summed E-state index contributed by atoms with van der Waals surface area (Å²) < 4.78 is 1.61. The second kappa shape index (κ2) is 4.12. The van der Waals surface area contributed by atoms with Gasteiger partial charge in [-0.3, -0.25) is 9.48 Å². The van der Waals surface area contributed by atoms with Gasteiger partial charge < -0.3 is 15.7 Å². The molecule has 1 aromatic rings. The third kappa shape index (κ3) is 2.48. The lowest BCUT2D eigenvalue weighted by molar-refractivity contribution is -0.132. The molecule has 0 aliphatic carbocycles. The molecule has 3 N–H and O–H groups in total. The van der Waals surface area contributed by atoms with Gasteiger partial charge in [0.15, 0.2) is 0 Å². The Morgan fingerprint density at radius 3 is 2.88 bits per heavy atom. The molecule has 0 saturated carbocycles. The number of likely N-dealkylation sites (tertiary alicyclic amines) is 1. The number of β-amino-alcohol motifs (C(OH)–C–C–N with tert-alkyl or cyclic N) is 1. The van der Waals surface area contributed by atoms with Crippen LogP contribution in [0.5, 0.6) is 0 Å². The Hall–Kier alpha value is -1.40. The molecule has 17 heavy (non-hydrogen) atoms. The highest BCUT2D eigenvalue weighted by Crippen LogP contribution is 2.23. The van der Waals surface area contributed by atoms with Crippen LogP contribution in [-0.2, 0) is 11.8 Å². The summed E-state index contributed by atoms with van der Waals surface area (Å²) in [6.07, 6.45) is 3.92. The van der Waals surface area contributed by atoms with Crippen LogP contribution in [0.25, 0.3) is 0 Å². The summed E-state index contributed by atoms with van der Waals surface area (Å²) in [5, 5.41) is 13.8. The van der Waals surface area contributed by atoms with Gasteiger partial charge in [0.1, 0.15) is 6.04 Å². The SMILES string of the molecule is Cn1cc(C(N)C(=O)N2CCC(C)(O)C2)cn1. The maximum atomic E-state index is 12.1. The lowest BCUT2D eigenvalue weighted by Gasteiger charge is -2.21. The van der Waals surface area contributed by atoms with Crippen LogP contribution in [0.15, 0.2) is 12.4 Å². The van der Waals surface area contributed by atoms with E-state index in [4.69, 9.17) is 5.73 Å². The maximum absolute atomic E-state index is 12.1. The van der Waals surface area contributed by atoms with E-state index in [0.29, 0.717) is 25.1 Å². The van der Waals surface area contributed by atoms with Gasteiger partial charge in [0.2, 0.25) is 5.91 Å². The summed E-state index contributed by atoms with van der Waals surface area (Å²) >= 11 is 0. The van der Waals surface area contributed by atoms with Gasteiger partial charge >= 0.3 is 0 Å². The Morgan fingerprint density at radius 2 is 2.41 bits per heavy atom. The van der Waals surface area contributed by atoms with Gasteiger partial charge in [-0.1, -0.05) is 0 Å². The lowest BCUT2D eigenvalue weighted by atomic mass is 10.1. The van der Waals surface area contributed by atoms with Gasteiger partial charge in [0, 0.05) is 31.9 Å². The van der Waals surface area contributed by atoms with E-state index in [-0.39, 0.29) is 5.91 Å². The molecule has 2 rings (SSSR count). The van der Waals surface area contributed by atoms with Crippen molar-refractivity contribution in [2.45, 2.75) is 25.0 Å². The molecule has 0 aromatic carbocycles. The van der Waals surface area contributed by atoms with Crippen molar-refractivity contribution in [3.63, 3.8) is 0 Å². The summed E-state index contributed by atoms with van der Waals surface area (Å²) in [5.74, 6) is -0.157. The predicted octanol–water partition coefficient (Wildman–Crippen LogP) is -0.597. The minimum Gasteiger partial charge on any atom is -0.388 e. The number of aryl methyl sites for hydroxylation is 1. The topological polar surface area (TPSA) is 84.4 Å². The van der Waals surface area contributed by atoms with Crippen LogP contribution in [0.3, 0.4) is 0 Å². The molecule has 6 nitrogen and oxygen atoms in total. The zero-order valence-electron chi connectivity index (χ0n) is 10.1. The molecule has 0 bridgehead atoms. The average Bonchev–Trinajstić information content (AvgIpc) is 2.82. The van der Waals surface area contributed by atoms with E-state index in [1.54, 1.807) is 35.9 Å². The quantitative estimate of drug-likeness (QED) is 0.721. The molecule has 0 spiro atoms. The van der Waals surface area contributed by atoms with Crippen molar-refractivity contribution in [2.24, 2.45) is 12.8 Å². The Labute approximate surface area is 100 Å². The van der Waals surface area contributed by atoms with Crippen LogP contribution in [0.1, 0.15) is 24.9 Å². The number of amides is 1. The van der Waals surface area contributed by atoms with E-state index in [1.165, 1.54) is 0 Å². The van der Waals surface area contributed by atoms with E-state index >= 15 is 0 Å². The number of carbonyl (C=O) groups is 1. The minimum atomic E-state index is -0.787. The smallest absolute Gasteiger partial charge is 0.244 e. The number of aromatic nitrogens is 2. The largest absolute Gasteiger partial charge is 0.388 e. The highest BCUT2D eigenvalue weighted by atomic mass is 16.3. The summed E-state index contributed by atoms with van der Waals surface area (Å²) in [4.78, 5) is 13.7. The first-order valence-electron chi connectivity index (χ1n) is 5.64. The molecular formula is C11H18N4O2. The Morgan fingerprint density at radius 1 is 1.71 bits per heavy atom. The Kier molecular flexibility index (Phi) is 2.92. The first-order valence-corrected chi connectivity index (χ1v) is 5.64. The number of hydrogen-bond donors (Lipinski definition) is 2. The van der Waals surface area contributed by atoms with Crippen LogP contribution >= 0.6 is 0 Å². The molecule has 2 heterocycles. The highest BCUT2D eigenvalue weighted by molar-refractivity contribution is 5.83. The Bertz CT molecular complexity index is 427. The molecule has 6 heteroatoms. The van der Waals surface area contributed by atoms with Crippen LogP contribution in [-0.4, -0.2) is 44.4 Å². The number of nitrogens with two attached hydrogens (primary N) is 1. The highest BCUT2D eigenvalue weighted by Gasteiger charge is 2.36. The molecule has 94 valence electrons. The van der Waals surface area contributed by atoms with E-state index in [1.807, 2.05) is 0 Å². The first kappa shape index (κ1) is 12.1. The zero-order valence-corrected chi connectivity index (χ0v) is 10.1. The van der Waals surface area contributed by atoms with Crippen molar-refractivity contribution >= 4 is 5.91 Å². The van der Waals surface area contributed by atoms with Gasteiger partial charge in [-0.05, 0) is 13.3 Å². The number of hydrogen-bond acceptors (Lipinski definition) is 4. The van der Waals surface area contributed by atoms with E-state index in [0.717, 1.165) is 0 Å². The van der Waals surface area contributed by atoms with Crippen LogP contribution in [0, 0.1) is 0 Å². The van der Waals surface area contributed by atoms with Crippen molar-refractivity contribution < 1.29 is 9.90 Å². The summed E-state index contributed by atoms with van der Waals surface area (Å²) in [7, 11) is 1.78. The van der Waals surface area contributed by atoms with Crippen molar-refractivity contribution in [3.8, 4) is 0 Å². The molecule has 1 aliphatic rings. The third-order valence-electron chi connectivity index (χ3n) is 3.11. The second-order valence-corrected chi connectivity index (χ2v) is 4.93. The standard InChI is InChI=1S/C11H18N4O2/c1-11(17)3-4-15(7-11)10(16)9(12)8-5-13-14(2)6-8/h5-6,9,17H,3-4,7,12H2,1-2H3. The Balaban J connectivity index is 2.06. The zero-order chi connectivity index (χ0) is 12.6. The van der Waals surface area contributed by atoms with Crippen LogP contribution in [0.4, 0.5) is 0 Å². The number of carbonyl (C=O) groups excluding carboxylic acids is 1. The van der Waals surface area contributed by atoms with Gasteiger partial charge in [0.25, 0.3) is 0 Å². The van der Waals surface area contributed by atoms with Crippen molar-refractivity contribution in [3.05, 3.63) is 18.0 Å². The van der Waals surface area contributed by atoms with E-state index in [9.17, 15) is 9.90 Å². The van der Waals surface area contributed by atoms with E-state index < -0.39 is 11.6 Å². The molecule has 2 unspecified atom stereocenters. The van der Waals surface area contributed by atoms with Crippen molar-refractivity contribution in [1.29, 1.82) is 0 Å². The van der Waals surface area contributed by atoms with E-state index in [2.05, 4.69) is 5.10 Å². The summed E-state index contributed by atoms with van der Waals surface area (Å²) in [6.45, 7) is 2.63. The third-order valence-corrected chi connectivity index (χ3v) is 3.11. The summed E-state index contributed by atoms with van der Waals surface area (Å²) in [5.41, 5.74) is 5.80. The fourth-order valence-electron chi connectivity index (χ4n) is 2.07. The van der Waals surface area contributed by atoms with Crippen LogP contribution < -0.4 is 5.73 Å².